The van der Waals surface area contributed by atoms with Gasteiger partial charge in [0.15, 0.2) is 10.4 Å². The first-order valence-electron chi connectivity index (χ1n) is 5.11. The zero-order valence-corrected chi connectivity index (χ0v) is 12.0. The maximum Gasteiger partial charge on any atom is 0.289 e. The predicted molar refractivity (Wildman–Crippen MR) is 71.3 cm³/mol. The lowest BCUT2D eigenvalue weighted by atomic mass is 10.3. The first-order chi connectivity index (χ1) is 8.08. The van der Waals surface area contributed by atoms with Gasteiger partial charge in [0.2, 0.25) is 0 Å². The van der Waals surface area contributed by atoms with Crippen LogP contribution in [0.5, 0.6) is 0 Å². The van der Waals surface area contributed by atoms with Gasteiger partial charge in [0.05, 0.1) is 6.54 Å². The molecule has 0 spiro atoms. The number of hydrogen-bond donors (Lipinski definition) is 0. The molecule has 2 aromatic heterocycles. The Morgan fingerprint density at radius 1 is 1.47 bits per heavy atom. The van der Waals surface area contributed by atoms with Crippen molar-refractivity contribution in [2.45, 2.75) is 13.5 Å². The van der Waals surface area contributed by atoms with Gasteiger partial charge in [-0.1, -0.05) is 0 Å². The molecule has 0 aliphatic rings. The van der Waals surface area contributed by atoms with Crippen LogP contribution in [0.2, 0.25) is 0 Å². The fourth-order valence-corrected chi connectivity index (χ4v) is 2.74. The zero-order chi connectivity index (χ0) is 12.4. The fraction of sp³-hybridized carbons (Fsp3) is 0.250. The van der Waals surface area contributed by atoms with Crippen LogP contribution in [0.25, 0.3) is 0 Å². The van der Waals surface area contributed by atoms with Crippen molar-refractivity contribution in [2.24, 2.45) is 0 Å². The second-order valence-corrected chi connectivity index (χ2v) is 5.57. The van der Waals surface area contributed by atoms with Gasteiger partial charge in [0, 0.05) is 11.9 Å². The lowest BCUT2D eigenvalue weighted by Crippen LogP contribution is -2.25. The van der Waals surface area contributed by atoms with E-state index < -0.39 is 0 Å². The highest BCUT2D eigenvalue weighted by Gasteiger charge is 2.16. The lowest BCUT2D eigenvalue weighted by Gasteiger charge is -2.15. The number of aryl methyl sites for hydroxylation is 1. The summed E-state index contributed by atoms with van der Waals surface area (Å²) in [5.74, 6) is 0.247. The van der Waals surface area contributed by atoms with Crippen LogP contribution >= 0.6 is 27.3 Å². The summed E-state index contributed by atoms with van der Waals surface area (Å²) in [4.78, 5) is 14.9. The highest BCUT2D eigenvalue weighted by molar-refractivity contribution is 9.10. The molecule has 0 saturated carbocycles. The van der Waals surface area contributed by atoms with Gasteiger partial charge in [-0.25, -0.2) is 0 Å². The van der Waals surface area contributed by atoms with Crippen LogP contribution < -0.4 is 0 Å². The summed E-state index contributed by atoms with van der Waals surface area (Å²) in [6.45, 7) is 2.66. The van der Waals surface area contributed by atoms with Gasteiger partial charge in [-0.2, -0.15) is 0 Å². The van der Waals surface area contributed by atoms with Gasteiger partial charge in [0.1, 0.15) is 0 Å². The third-order valence-corrected chi connectivity index (χ3v) is 3.91. The molecule has 0 unspecified atom stereocenters. The fourth-order valence-electron chi connectivity index (χ4n) is 1.47. The third-order valence-electron chi connectivity index (χ3n) is 2.48. The van der Waals surface area contributed by atoms with Gasteiger partial charge in [0.25, 0.3) is 5.91 Å². The normalized spacial score (nSPS) is 10.5. The average molecular weight is 314 g/mol. The van der Waals surface area contributed by atoms with Crippen LogP contribution in [0.15, 0.2) is 32.7 Å². The summed E-state index contributed by atoms with van der Waals surface area (Å²) in [5.41, 5.74) is 1.22. The molecule has 5 heteroatoms. The topological polar surface area (TPSA) is 33.5 Å². The van der Waals surface area contributed by atoms with Gasteiger partial charge in [-0.05, 0) is 52.0 Å². The summed E-state index contributed by atoms with van der Waals surface area (Å²) < 4.78 is 5.82. The van der Waals surface area contributed by atoms with Crippen LogP contribution in [0.1, 0.15) is 21.0 Å². The molecule has 2 aromatic rings. The molecule has 0 saturated heterocycles. The number of amides is 1. The van der Waals surface area contributed by atoms with E-state index in [0.717, 1.165) is 0 Å². The molecule has 0 bridgehead atoms. The summed E-state index contributed by atoms with van der Waals surface area (Å²) in [5, 5.41) is 2.03. The Labute approximate surface area is 112 Å². The first-order valence-corrected chi connectivity index (χ1v) is 6.79. The van der Waals surface area contributed by atoms with Crippen LogP contribution in [-0.4, -0.2) is 17.9 Å². The molecule has 0 aliphatic heterocycles. The Hall–Kier alpha value is -1.07. The number of hydrogen-bond acceptors (Lipinski definition) is 3. The minimum absolute atomic E-state index is 0.108. The first kappa shape index (κ1) is 12.4. The van der Waals surface area contributed by atoms with E-state index in [1.54, 1.807) is 35.4 Å². The second-order valence-electron chi connectivity index (χ2n) is 3.79. The molecule has 90 valence electrons. The quantitative estimate of drug-likeness (QED) is 0.866. The van der Waals surface area contributed by atoms with Crippen molar-refractivity contribution in [3.05, 3.63) is 44.4 Å². The summed E-state index contributed by atoms with van der Waals surface area (Å²) in [6.07, 6.45) is 0. The highest BCUT2D eigenvalue weighted by Crippen LogP contribution is 2.20. The highest BCUT2D eigenvalue weighted by atomic mass is 79.9. The molecule has 1 amide bonds. The number of carbonyl (C=O) groups is 1. The molecule has 2 rings (SSSR count). The Balaban J connectivity index is 2.08. The van der Waals surface area contributed by atoms with E-state index in [9.17, 15) is 4.79 Å². The minimum atomic E-state index is -0.108. The van der Waals surface area contributed by atoms with E-state index in [1.165, 1.54) is 10.4 Å². The predicted octanol–water partition coefficient (Wildman–Crippen LogP) is 3.68. The summed E-state index contributed by atoms with van der Waals surface area (Å²) >= 11 is 4.85. The van der Waals surface area contributed by atoms with E-state index in [0.29, 0.717) is 17.0 Å². The monoisotopic (exact) mass is 313 g/mol. The van der Waals surface area contributed by atoms with E-state index in [1.807, 2.05) is 12.3 Å². The Kier molecular flexibility index (Phi) is 3.69. The summed E-state index contributed by atoms with van der Waals surface area (Å²) in [7, 11) is 1.78. The van der Waals surface area contributed by atoms with Crippen molar-refractivity contribution in [3.63, 3.8) is 0 Å². The summed E-state index contributed by atoms with van der Waals surface area (Å²) in [6, 6.07) is 5.45. The van der Waals surface area contributed by atoms with E-state index >= 15 is 0 Å². The SMILES string of the molecule is Cc1ccsc1CN(C)C(=O)c1ccc(Br)o1. The molecule has 2 heterocycles. The molecular weight excluding hydrogens is 302 g/mol. The molecule has 0 N–H and O–H groups in total. The minimum Gasteiger partial charge on any atom is -0.444 e. The standard InChI is InChI=1S/C12H12BrNO2S/c1-8-5-6-17-10(8)7-14(2)12(15)9-3-4-11(13)16-9/h3-6H,7H2,1-2H3. The number of furan rings is 1. The number of halogens is 1. The van der Waals surface area contributed by atoms with Gasteiger partial charge in [-0.15, -0.1) is 11.3 Å². The largest absolute Gasteiger partial charge is 0.444 e. The molecule has 17 heavy (non-hydrogen) atoms. The molecular formula is C12H12BrNO2S. The smallest absolute Gasteiger partial charge is 0.289 e. The van der Waals surface area contributed by atoms with Crippen molar-refractivity contribution >= 4 is 33.2 Å². The molecule has 0 aliphatic carbocycles. The van der Waals surface area contributed by atoms with Gasteiger partial charge in [-0.3, -0.25) is 4.79 Å². The van der Waals surface area contributed by atoms with E-state index in [-0.39, 0.29) is 5.91 Å². The van der Waals surface area contributed by atoms with Crippen molar-refractivity contribution in [1.29, 1.82) is 0 Å². The number of carbonyl (C=O) groups excluding carboxylic acids is 1. The maximum atomic E-state index is 12.0. The Bertz CT molecular complexity index is 532. The molecule has 0 atom stereocenters. The second kappa shape index (κ2) is 5.06. The van der Waals surface area contributed by atoms with Crippen molar-refractivity contribution < 1.29 is 9.21 Å². The molecule has 3 nitrogen and oxygen atoms in total. The van der Waals surface area contributed by atoms with Crippen LogP contribution in [-0.2, 0) is 6.54 Å². The third kappa shape index (κ3) is 2.79. The van der Waals surface area contributed by atoms with Gasteiger partial charge >= 0.3 is 0 Å². The van der Waals surface area contributed by atoms with E-state index in [2.05, 4.69) is 22.0 Å². The maximum absolute atomic E-state index is 12.0. The van der Waals surface area contributed by atoms with Crippen LogP contribution in [0.3, 0.4) is 0 Å². The number of rotatable bonds is 3. The zero-order valence-electron chi connectivity index (χ0n) is 9.57. The van der Waals surface area contributed by atoms with Gasteiger partial charge < -0.3 is 9.32 Å². The molecule has 0 fully saturated rings. The number of thiophene rings is 1. The van der Waals surface area contributed by atoms with Crippen LogP contribution in [0.4, 0.5) is 0 Å². The van der Waals surface area contributed by atoms with Crippen LogP contribution in [0, 0.1) is 6.92 Å². The van der Waals surface area contributed by atoms with Crippen molar-refractivity contribution in [2.75, 3.05) is 7.05 Å². The average Bonchev–Trinajstić information content (AvgIpc) is 2.88. The molecule has 0 aromatic carbocycles. The van der Waals surface area contributed by atoms with E-state index in [4.69, 9.17) is 4.42 Å². The lowest BCUT2D eigenvalue weighted by molar-refractivity contribution is 0.0753. The Morgan fingerprint density at radius 2 is 2.24 bits per heavy atom. The van der Waals surface area contributed by atoms with Crippen molar-refractivity contribution in [3.8, 4) is 0 Å². The van der Waals surface area contributed by atoms with Crippen molar-refractivity contribution in [1.82, 2.24) is 4.90 Å². The number of nitrogens with zero attached hydrogens (tertiary/aromatic N) is 1. The molecule has 0 radical (unpaired) electrons. The Morgan fingerprint density at radius 3 is 2.76 bits per heavy atom.